The summed E-state index contributed by atoms with van der Waals surface area (Å²) in [6.45, 7) is 0.340. The fraction of sp³-hybridized carbons (Fsp3) is 0.0870. The third-order valence-corrected chi connectivity index (χ3v) is 6.22. The molecule has 0 saturated heterocycles. The third kappa shape index (κ3) is 4.20. The van der Waals surface area contributed by atoms with Crippen LogP contribution in [-0.4, -0.2) is 27.4 Å². The topological polar surface area (TPSA) is 77.8 Å². The van der Waals surface area contributed by atoms with Crippen LogP contribution in [0.1, 0.15) is 16.1 Å². The molecule has 1 amide bonds. The number of carbonyl (C=O) groups is 1. The molecule has 0 fully saturated rings. The average Bonchev–Trinajstić information content (AvgIpc) is 3.56. The lowest BCUT2D eigenvalue weighted by molar-refractivity contribution is 0.102. The summed E-state index contributed by atoms with van der Waals surface area (Å²) in [6.07, 6.45) is 3.97. The summed E-state index contributed by atoms with van der Waals surface area (Å²) < 4.78 is 13.2. The van der Waals surface area contributed by atoms with Crippen LogP contribution in [0, 0.1) is 0 Å². The van der Waals surface area contributed by atoms with Crippen molar-refractivity contribution in [1.29, 1.82) is 0 Å². The van der Waals surface area contributed by atoms with Gasteiger partial charge in [0.15, 0.2) is 16.5 Å². The van der Waals surface area contributed by atoms with E-state index in [2.05, 4.69) is 15.3 Å². The fourth-order valence-electron chi connectivity index (χ4n) is 3.18. The molecule has 160 valence electrons. The first-order chi connectivity index (χ1) is 15.7. The van der Waals surface area contributed by atoms with Gasteiger partial charge >= 0.3 is 0 Å². The molecule has 0 unspecified atom stereocenters. The lowest BCUT2D eigenvalue weighted by Crippen LogP contribution is -2.12. The molecule has 7 nitrogen and oxygen atoms in total. The van der Waals surface area contributed by atoms with Gasteiger partial charge in [-0.15, -0.1) is 22.7 Å². The molecule has 0 aliphatic rings. The highest BCUT2D eigenvalue weighted by Gasteiger charge is 2.13. The van der Waals surface area contributed by atoms with Gasteiger partial charge in [-0.05, 0) is 30.3 Å². The number of aromatic nitrogens is 3. The molecule has 0 atom stereocenters. The molecule has 3 heterocycles. The van der Waals surface area contributed by atoms with Gasteiger partial charge in [0.25, 0.3) is 5.91 Å². The Morgan fingerprint density at radius 3 is 2.78 bits per heavy atom. The molecule has 0 aliphatic heterocycles. The van der Waals surface area contributed by atoms with Crippen molar-refractivity contribution >= 4 is 39.2 Å². The van der Waals surface area contributed by atoms with Crippen LogP contribution in [0.5, 0.6) is 11.5 Å². The van der Waals surface area contributed by atoms with E-state index in [9.17, 15) is 4.79 Å². The van der Waals surface area contributed by atoms with Crippen molar-refractivity contribution in [2.24, 2.45) is 0 Å². The van der Waals surface area contributed by atoms with Gasteiger partial charge in [0.05, 0.1) is 24.0 Å². The summed E-state index contributed by atoms with van der Waals surface area (Å²) in [5, 5.41) is 6.84. The first-order valence-corrected chi connectivity index (χ1v) is 11.5. The van der Waals surface area contributed by atoms with Crippen LogP contribution in [0.4, 0.5) is 5.69 Å². The van der Waals surface area contributed by atoms with E-state index in [1.807, 2.05) is 51.8 Å². The van der Waals surface area contributed by atoms with Crippen LogP contribution in [0.15, 0.2) is 71.1 Å². The van der Waals surface area contributed by atoms with E-state index in [0.29, 0.717) is 29.4 Å². The van der Waals surface area contributed by atoms with Gasteiger partial charge in [0.2, 0.25) is 0 Å². The lowest BCUT2D eigenvalue weighted by Gasteiger charge is -2.12. The van der Waals surface area contributed by atoms with Crippen molar-refractivity contribution in [3.05, 3.63) is 82.4 Å². The summed E-state index contributed by atoms with van der Waals surface area (Å²) in [5.74, 6) is 0.814. The van der Waals surface area contributed by atoms with Gasteiger partial charge in [0.1, 0.15) is 6.61 Å². The Balaban J connectivity index is 1.27. The minimum atomic E-state index is -0.232. The van der Waals surface area contributed by atoms with Gasteiger partial charge in [-0.2, -0.15) is 0 Å². The number of thiazole rings is 2. The van der Waals surface area contributed by atoms with Gasteiger partial charge in [-0.3, -0.25) is 9.20 Å². The molecule has 3 aromatic heterocycles. The summed E-state index contributed by atoms with van der Waals surface area (Å²) in [4.78, 5) is 22.5. The molecule has 9 heteroatoms. The summed E-state index contributed by atoms with van der Waals surface area (Å²) in [7, 11) is 1.55. The van der Waals surface area contributed by atoms with Gasteiger partial charge in [0, 0.05) is 40.0 Å². The SMILES string of the molecule is COc1cc(C(=O)Nc2ccc(-c3cn4ccsc4n3)cc2)ccc1OCc1cscn1. The zero-order chi connectivity index (χ0) is 21.9. The van der Waals surface area contributed by atoms with E-state index in [1.165, 1.54) is 11.3 Å². The summed E-state index contributed by atoms with van der Waals surface area (Å²) >= 11 is 3.10. The minimum Gasteiger partial charge on any atom is -0.493 e. The maximum atomic E-state index is 12.7. The van der Waals surface area contributed by atoms with Crippen molar-refractivity contribution < 1.29 is 14.3 Å². The second-order valence-electron chi connectivity index (χ2n) is 6.88. The standard InChI is InChI=1S/C23H18N4O3S2/c1-29-21-10-16(4-7-20(21)30-12-18-13-31-14-24-18)22(28)25-17-5-2-15(3-6-17)19-11-27-8-9-32-23(27)26-19/h2-11,13-14H,12H2,1H3,(H,25,28). The zero-order valence-corrected chi connectivity index (χ0v) is 18.7. The molecule has 32 heavy (non-hydrogen) atoms. The predicted molar refractivity (Wildman–Crippen MR) is 126 cm³/mol. The highest BCUT2D eigenvalue weighted by Crippen LogP contribution is 2.29. The predicted octanol–water partition coefficient (Wildman–Crippen LogP) is 5.36. The van der Waals surface area contributed by atoms with Crippen molar-refractivity contribution in [3.8, 4) is 22.8 Å². The molecule has 0 aliphatic carbocycles. The van der Waals surface area contributed by atoms with E-state index in [4.69, 9.17) is 9.47 Å². The van der Waals surface area contributed by atoms with E-state index >= 15 is 0 Å². The maximum Gasteiger partial charge on any atom is 0.255 e. The van der Waals surface area contributed by atoms with Crippen molar-refractivity contribution in [1.82, 2.24) is 14.4 Å². The molecular weight excluding hydrogens is 444 g/mol. The maximum absolute atomic E-state index is 12.7. The number of hydrogen-bond donors (Lipinski definition) is 1. The molecule has 0 spiro atoms. The Morgan fingerprint density at radius 1 is 1.16 bits per heavy atom. The van der Waals surface area contributed by atoms with Crippen molar-refractivity contribution in [3.63, 3.8) is 0 Å². The van der Waals surface area contributed by atoms with Crippen LogP contribution >= 0.6 is 22.7 Å². The largest absolute Gasteiger partial charge is 0.493 e. The first-order valence-electron chi connectivity index (χ1n) is 9.71. The highest BCUT2D eigenvalue weighted by atomic mass is 32.1. The number of ether oxygens (including phenoxy) is 2. The molecule has 0 saturated carbocycles. The normalized spacial score (nSPS) is 10.9. The van der Waals surface area contributed by atoms with Crippen LogP contribution in [-0.2, 0) is 6.61 Å². The molecule has 0 radical (unpaired) electrons. The number of methoxy groups -OCH3 is 1. The number of hydrogen-bond acceptors (Lipinski definition) is 7. The van der Waals surface area contributed by atoms with E-state index in [-0.39, 0.29) is 5.91 Å². The summed E-state index contributed by atoms with van der Waals surface area (Å²) in [5.41, 5.74) is 5.66. The highest BCUT2D eigenvalue weighted by molar-refractivity contribution is 7.15. The number of benzene rings is 2. The Hall–Kier alpha value is -3.69. The molecule has 1 N–H and O–H groups in total. The van der Waals surface area contributed by atoms with Crippen LogP contribution in [0.25, 0.3) is 16.2 Å². The third-order valence-electron chi connectivity index (χ3n) is 4.82. The number of fused-ring (bicyclic) bond motifs is 1. The molecule has 5 aromatic rings. The second kappa shape index (κ2) is 8.81. The Morgan fingerprint density at radius 2 is 2.03 bits per heavy atom. The van der Waals surface area contributed by atoms with Gasteiger partial charge in [-0.1, -0.05) is 12.1 Å². The smallest absolute Gasteiger partial charge is 0.255 e. The average molecular weight is 463 g/mol. The van der Waals surface area contributed by atoms with E-state index < -0.39 is 0 Å². The number of carbonyl (C=O) groups excluding carboxylic acids is 1. The number of rotatable bonds is 7. The van der Waals surface area contributed by atoms with Crippen LogP contribution < -0.4 is 14.8 Å². The lowest BCUT2D eigenvalue weighted by atomic mass is 10.1. The number of amides is 1. The molecule has 2 aromatic carbocycles. The number of imidazole rings is 1. The van der Waals surface area contributed by atoms with Crippen LogP contribution in [0.3, 0.4) is 0 Å². The minimum absolute atomic E-state index is 0.232. The monoisotopic (exact) mass is 462 g/mol. The Bertz CT molecular complexity index is 1330. The summed E-state index contributed by atoms with van der Waals surface area (Å²) in [6, 6.07) is 12.7. The molecule has 5 rings (SSSR count). The van der Waals surface area contributed by atoms with Crippen molar-refractivity contribution in [2.45, 2.75) is 6.61 Å². The van der Waals surface area contributed by atoms with Gasteiger partial charge in [-0.25, -0.2) is 9.97 Å². The number of nitrogens with zero attached hydrogens (tertiary/aromatic N) is 3. The zero-order valence-electron chi connectivity index (χ0n) is 17.0. The number of nitrogens with one attached hydrogen (secondary N) is 1. The molecular formula is C23H18N4O3S2. The number of anilines is 1. The second-order valence-corrected chi connectivity index (χ2v) is 8.48. The van der Waals surface area contributed by atoms with Crippen molar-refractivity contribution in [2.75, 3.05) is 12.4 Å². The fourth-order valence-corrected chi connectivity index (χ4v) is 4.43. The van der Waals surface area contributed by atoms with E-state index in [0.717, 1.165) is 21.9 Å². The first kappa shape index (κ1) is 20.2. The molecule has 0 bridgehead atoms. The Labute approximate surface area is 191 Å². The van der Waals surface area contributed by atoms with Gasteiger partial charge < -0.3 is 14.8 Å². The Kier molecular flexibility index (Phi) is 5.57. The quantitative estimate of drug-likeness (QED) is 0.352. The van der Waals surface area contributed by atoms with E-state index in [1.54, 1.807) is 42.2 Å². The van der Waals surface area contributed by atoms with Crippen LogP contribution in [0.2, 0.25) is 0 Å².